The maximum atomic E-state index is 13.6. The number of nitrogens with one attached hydrogen (secondary N) is 1. The number of aromatic carboxylic acids is 1. The quantitative estimate of drug-likeness (QED) is 0.619. The lowest BCUT2D eigenvalue weighted by Gasteiger charge is -2.31. The SMILES string of the molecule is O=C(O)c1cc(F)ccc1Nc1c(N2CCOCC2)cnc2ccc(Br)cc12. The van der Waals surface area contributed by atoms with Gasteiger partial charge in [-0.25, -0.2) is 9.18 Å². The fourth-order valence-corrected chi connectivity index (χ4v) is 3.63. The summed E-state index contributed by atoms with van der Waals surface area (Å²) in [5, 5.41) is 13.5. The van der Waals surface area contributed by atoms with Crippen molar-refractivity contribution < 1.29 is 19.0 Å². The number of benzene rings is 2. The van der Waals surface area contributed by atoms with Gasteiger partial charge in [0.25, 0.3) is 0 Å². The molecule has 1 aromatic heterocycles. The van der Waals surface area contributed by atoms with E-state index < -0.39 is 11.8 Å². The Balaban J connectivity index is 1.88. The number of carboxylic acid groups (broad SMARTS) is 1. The molecule has 2 aromatic carbocycles. The molecule has 6 nitrogen and oxygen atoms in total. The van der Waals surface area contributed by atoms with Gasteiger partial charge in [0.15, 0.2) is 0 Å². The van der Waals surface area contributed by atoms with E-state index >= 15 is 0 Å². The van der Waals surface area contributed by atoms with Gasteiger partial charge in [0, 0.05) is 22.9 Å². The van der Waals surface area contributed by atoms with Crippen LogP contribution < -0.4 is 10.2 Å². The van der Waals surface area contributed by atoms with Crippen molar-refractivity contribution in [2.24, 2.45) is 0 Å². The largest absolute Gasteiger partial charge is 0.478 e. The van der Waals surface area contributed by atoms with Crippen molar-refractivity contribution in [3.8, 4) is 0 Å². The molecule has 28 heavy (non-hydrogen) atoms. The molecule has 1 aliphatic heterocycles. The predicted octanol–water partition coefficient (Wildman–Crippen LogP) is 4.41. The Hall–Kier alpha value is -2.71. The Morgan fingerprint density at radius 1 is 1.21 bits per heavy atom. The summed E-state index contributed by atoms with van der Waals surface area (Å²) in [4.78, 5) is 18.3. The van der Waals surface area contributed by atoms with Gasteiger partial charge in [0.2, 0.25) is 0 Å². The van der Waals surface area contributed by atoms with E-state index in [2.05, 4.69) is 31.1 Å². The number of hydrogen-bond acceptors (Lipinski definition) is 5. The molecule has 0 aliphatic carbocycles. The Morgan fingerprint density at radius 3 is 2.75 bits per heavy atom. The predicted molar refractivity (Wildman–Crippen MR) is 109 cm³/mol. The van der Waals surface area contributed by atoms with E-state index in [1.807, 2.05) is 18.2 Å². The number of halogens is 2. The maximum Gasteiger partial charge on any atom is 0.337 e. The number of pyridine rings is 1. The highest BCUT2D eigenvalue weighted by atomic mass is 79.9. The summed E-state index contributed by atoms with van der Waals surface area (Å²) in [6, 6.07) is 9.40. The Morgan fingerprint density at radius 2 is 2.00 bits per heavy atom. The number of anilines is 3. The number of ether oxygens (including phenoxy) is 1. The molecule has 4 rings (SSSR count). The lowest BCUT2D eigenvalue weighted by molar-refractivity contribution is 0.0697. The minimum atomic E-state index is -1.20. The molecule has 1 saturated heterocycles. The van der Waals surface area contributed by atoms with Crippen LogP contribution in [0.25, 0.3) is 10.9 Å². The van der Waals surface area contributed by atoms with E-state index in [0.29, 0.717) is 32.0 Å². The summed E-state index contributed by atoms with van der Waals surface area (Å²) in [6.07, 6.45) is 1.77. The van der Waals surface area contributed by atoms with E-state index in [4.69, 9.17) is 4.74 Å². The van der Waals surface area contributed by atoms with Gasteiger partial charge in [-0.05, 0) is 36.4 Å². The number of nitrogens with zero attached hydrogens (tertiary/aromatic N) is 2. The number of carbonyl (C=O) groups is 1. The second kappa shape index (κ2) is 7.73. The highest BCUT2D eigenvalue weighted by Gasteiger charge is 2.20. The van der Waals surface area contributed by atoms with Crippen LogP contribution in [0.4, 0.5) is 21.5 Å². The summed E-state index contributed by atoms with van der Waals surface area (Å²) in [5.41, 5.74) is 2.52. The second-order valence-electron chi connectivity index (χ2n) is 6.40. The van der Waals surface area contributed by atoms with Gasteiger partial charge in [-0.15, -0.1) is 0 Å². The van der Waals surface area contributed by atoms with Crippen LogP contribution in [0, 0.1) is 5.82 Å². The third-order valence-electron chi connectivity index (χ3n) is 4.63. The number of morpholine rings is 1. The molecule has 0 saturated carbocycles. The number of rotatable bonds is 4. The van der Waals surface area contributed by atoms with Crippen molar-refractivity contribution in [2.75, 3.05) is 36.5 Å². The molecule has 0 atom stereocenters. The van der Waals surface area contributed by atoms with Crippen LogP contribution in [0.15, 0.2) is 47.1 Å². The zero-order valence-electron chi connectivity index (χ0n) is 14.8. The van der Waals surface area contributed by atoms with Gasteiger partial charge in [-0.1, -0.05) is 15.9 Å². The van der Waals surface area contributed by atoms with Crippen molar-refractivity contribution in [1.82, 2.24) is 4.98 Å². The fourth-order valence-electron chi connectivity index (χ4n) is 3.27. The molecule has 3 aromatic rings. The first-order valence-electron chi connectivity index (χ1n) is 8.74. The molecule has 0 radical (unpaired) electrons. The normalized spacial score (nSPS) is 14.3. The molecule has 144 valence electrons. The third-order valence-corrected chi connectivity index (χ3v) is 5.13. The lowest BCUT2D eigenvalue weighted by Crippen LogP contribution is -2.36. The molecule has 1 fully saturated rings. The van der Waals surface area contributed by atoms with Gasteiger partial charge < -0.3 is 20.1 Å². The van der Waals surface area contributed by atoms with E-state index in [9.17, 15) is 14.3 Å². The van der Waals surface area contributed by atoms with Crippen LogP contribution in [0.5, 0.6) is 0 Å². The highest BCUT2D eigenvalue weighted by Crippen LogP contribution is 2.37. The molecular weight excluding hydrogens is 429 g/mol. The topological polar surface area (TPSA) is 74.7 Å². The standard InChI is InChI=1S/C20H17BrFN3O3/c21-12-1-3-16-14(9-12)19(18(11-23-16)25-5-7-28-8-6-25)24-17-4-2-13(22)10-15(17)20(26)27/h1-4,9-11H,5-8H2,(H,23,24)(H,26,27). The Labute approximate surface area is 169 Å². The van der Waals surface area contributed by atoms with Crippen LogP contribution in [0.2, 0.25) is 0 Å². The van der Waals surface area contributed by atoms with E-state index in [1.165, 1.54) is 12.1 Å². The molecule has 2 N–H and O–H groups in total. The zero-order chi connectivity index (χ0) is 19.7. The van der Waals surface area contributed by atoms with E-state index in [1.54, 1.807) is 6.20 Å². The first kappa shape index (κ1) is 18.6. The van der Waals surface area contributed by atoms with Crippen LogP contribution in [-0.2, 0) is 4.74 Å². The monoisotopic (exact) mass is 445 g/mol. The van der Waals surface area contributed by atoms with Gasteiger partial charge in [0.05, 0.1) is 47.6 Å². The number of fused-ring (bicyclic) bond motifs is 1. The fraction of sp³-hybridized carbons (Fsp3) is 0.200. The smallest absolute Gasteiger partial charge is 0.337 e. The summed E-state index contributed by atoms with van der Waals surface area (Å²) >= 11 is 3.49. The molecule has 0 unspecified atom stereocenters. The highest BCUT2D eigenvalue weighted by molar-refractivity contribution is 9.10. The molecule has 0 spiro atoms. The second-order valence-corrected chi connectivity index (χ2v) is 7.32. The van der Waals surface area contributed by atoms with Crippen molar-refractivity contribution in [3.05, 3.63) is 58.4 Å². The van der Waals surface area contributed by atoms with E-state index in [-0.39, 0.29) is 5.56 Å². The van der Waals surface area contributed by atoms with Gasteiger partial charge in [-0.2, -0.15) is 0 Å². The molecule has 0 amide bonds. The minimum absolute atomic E-state index is 0.132. The van der Waals surface area contributed by atoms with Crippen molar-refractivity contribution >= 4 is 49.9 Å². The molecule has 8 heteroatoms. The summed E-state index contributed by atoms with van der Waals surface area (Å²) in [7, 11) is 0. The van der Waals surface area contributed by atoms with Crippen molar-refractivity contribution in [3.63, 3.8) is 0 Å². The van der Waals surface area contributed by atoms with Crippen LogP contribution in [-0.4, -0.2) is 42.4 Å². The number of carboxylic acids is 1. The zero-order valence-corrected chi connectivity index (χ0v) is 16.4. The van der Waals surface area contributed by atoms with Crippen molar-refractivity contribution in [2.45, 2.75) is 0 Å². The number of aromatic nitrogens is 1. The third kappa shape index (κ3) is 3.65. The Bertz CT molecular complexity index is 1050. The van der Waals surface area contributed by atoms with E-state index in [0.717, 1.165) is 32.8 Å². The van der Waals surface area contributed by atoms with Gasteiger partial charge in [-0.3, -0.25) is 4.98 Å². The van der Waals surface area contributed by atoms with Gasteiger partial charge >= 0.3 is 5.97 Å². The average Bonchev–Trinajstić information content (AvgIpc) is 2.70. The summed E-state index contributed by atoms with van der Waals surface area (Å²) < 4.78 is 19.9. The number of hydrogen-bond donors (Lipinski definition) is 2. The first-order chi connectivity index (χ1) is 13.5. The van der Waals surface area contributed by atoms with Crippen LogP contribution in [0.3, 0.4) is 0 Å². The lowest BCUT2D eigenvalue weighted by atomic mass is 10.1. The first-order valence-corrected chi connectivity index (χ1v) is 9.53. The maximum absolute atomic E-state index is 13.6. The molecule has 0 bridgehead atoms. The minimum Gasteiger partial charge on any atom is -0.478 e. The van der Waals surface area contributed by atoms with Gasteiger partial charge in [0.1, 0.15) is 5.82 Å². The van der Waals surface area contributed by atoms with Crippen molar-refractivity contribution in [1.29, 1.82) is 0 Å². The summed E-state index contributed by atoms with van der Waals surface area (Å²) in [5.74, 6) is -1.80. The average molecular weight is 446 g/mol. The molecule has 1 aliphatic rings. The van der Waals surface area contributed by atoms with Crippen LogP contribution >= 0.6 is 15.9 Å². The Kier molecular flexibility index (Phi) is 5.15. The molecule has 2 heterocycles. The summed E-state index contributed by atoms with van der Waals surface area (Å²) in [6.45, 7) is 2.61. The molecular formula is C20H17BrFN3O3. The van der Waals surface area contributed by atoms with Crippen LogP contribution in [0.1, 0.15) is 10.4 Å².